The molecular weight excluding hydrogens is 526 g/mol. The van der Waals surface area contributed by atoms with Gasteiger partial charge in [-0.3, -0.25) is 4.79 Å². The molecule has 186 valence electrons. The molecule has 1 amide bonds. The Morgan fingerprint density at radius 3 is 2.47 bits per heavy atom. The van der Waals surface area contributed by atoms with Crippen molar-refractivity contribution in [3.63, 3.8) is 0 Å². The molecule has 0 fully saturated rings. The molecule has 0 saturated heterocycles. The van der Waals surface area contributed by atoms with Gasteiger partial charge in [0.2, 0.25) is 0 Å². The minimum Gasteiger partial charge on any atom is -0.467 e. The smallest absolute Gasteiger partial charge is 0.349 e. The molecule has 0 spiro atoms. The summed E-state index contributed by atoms with van der Waals surface area (Å²) < 4.78 is 41.7. The van der Waals surface area contributed by atoms with Crippen molar-refractivity contribution in [3.8, 4) is 5.75 Å². The van der Waals surface area contributed by atoms with E-state index >= 15 is 0 Å². The van der Waals surface area contributed by atoms with Gasteiger partial charge in [0.05, 0.1) is 37.0 Å². The normalized spacial score (nSPS) is 11.2. The van der Waals surface area contributed by atoms with Crippen LogP contribution in [0.4, 0.5) is 0 Å². The number of hydrogen-bond donors (Lipinski definition) is 0. The number of thiophene rings is 1. The Labute approximate surface area is 216 Å². The monoisotopic (exact) mass is 545 g/mol. The number of para-hydroxylation sites is 1. The molecule has 36 heavy (non-hydrogen) atoms. The number of carbonyl (C=O) groups is 2. The summed E-state index contributed by atoms with van der Waals surface area (Å²) in [5.41, 5.74) is 0.709. The Kier molecular flexibility index (Phi) is 7.78. The second kappa shape index (κ2) is 11.0. The summed E-state index contributed by atoms with van der Waals surface area (Å²) in [5, 5.41) is 1.74. The minimum absolute atomic E-state index is 0.00997. The Balaban J connectivity index is 1.66. The first-order valence-corrected chi connectivity index (χ1v) is 13.2. The second-order valence-electron chi connectivity index (χ2n) is 7.47. The standard InChI is InChI=1S/C25H20ClNO7S2/c1-32-25(29)23-22(12-14-35-23)36(30,31)34-21-11-5-2-7-17(21)15-27(16-18-8-6-13-33-18)24(28)19-9-3-4-10-20(19)26/h2-14H,15-16H2,1H3. The van der Waals surface area contributed by atoms with Gasteiger partial charge < -0.3 is 18.2 Å². The number of methoxy groups -OCH3 is 1. The summed E-state index contributed by atoms with van der Waals surface area (Å²) in [4.78, 5) is 26.5. The van der Waals surface area contributed by atoms with Gasteiger partial charge in [-0.1, -0.05) is 41.9 Å². The molecule has 0 unspecified atom stereocenters. The lowest BCUT2D eigenvalue weighted by atomic mass is 10.1. The molecule has 4 rings (SSSR count). The van der Waals surface area contributed by atoms with Crippen LogP contribution < -0.4 is 4.18 Å². The van der Waals surface area contributed by atoms with Crippen molar-refractivity contribution in [2.75, 3.05) is 7.11 Å². The highest BCUT2D eigenvalue weighted by atomic mass is 35.5. The fourth-order valence-electron chi connectivity index (χ4n) is 3.42. The van der Waals surface area contributed by atoms with E-state index in [0.717, 1.165) is 18.4 Å². The molecule has 8 nitrogen and oxygen atoms in total. The number of benzene rings is 2. The number of hydrogen-bond acceptors (Lipinski definition) is 8. The van der Waals surface area contributed by atoms with Crippen LogP contribution in [0.25, 0.3) is 0 Å². The molecule has 2 aromatic carbocycles. The van der Waals surface area contributed by atoms with Crippen molar-refractivity contribution in [2.24, 2.45) is 0 Å². The Morgan fingerprint density at radius 1 is 1.00 bits per heavy atom. The van der Waals surface area contributed by atoms with Crippen LogP contribution in [0, 0.1) is 0 Å². The predicted molar refractivity (Wildman–Crippen MR) is 134 cm³/mol. The lowest BCUT2D eigenvalue weighted by molar-refractivity contribution is 0.0601. The number of furan rings is 1. The molecule has 0 saturated carbocycles. The molecule has 0 radical (unpaired) electrons. The average molecular weight is 546 g/mol. The van der Waals surface area contributed by atoms with Gasteiger partial charge in [0.25, 0.3) is 5.91 Å². The summed E-state index contributed by atoms with van der Waals surface area (Å²) in [7, 11) is -3.21. The largest absolute Gasteiger partial charge is 0.467 e. The van der Waals surface area contributed by atoms with Crippen molar-refractivity contribution in [3.05, 3.63) is 105 Å². The first kappa shape index (κ1) is 25.5. The van der Waals surface area contributed by atoms with E-state index in [2.05, 4.69) is 4.74 Å². The number of nitrogens with zero attached hydrogens (tertiary/aromatic N) is 1. The number of esters is 1. The maximum Gasteiger partial charge on any atom is 0.349 e. The number of carbonyl (C=O) groups excluding carboxylic acids is 2. The fraction of sp³-hybridized carbons (Fsp3) is 0.120. The highest BCUT2D eigenvalue weighted by Crippen LogP contribution is 2.29. The predicted octanol–water partition coefficient (Wildman–Crippen LogP) is 5.39. The van der Waals surface area contributed by atoms with E-state index in [9.17, 15) is 18.0 Å². The van der Waals surface area contributed by atoms with Crippen LogP contribution in [-0.4, -0.2) is 32.3 Å². The van der Waals surface area contributed by atoms with E-state index in [1.165, 1.54) is 28.7 Å². The summed E-state index contributed by atoms with van der Waals surface area (Å²) in [5.74, 6) is -0.616. The van der Waals surface area contributed by atoms with Crippen LogP contribution in [0.1, 0.15) is 31.4 Å². The third-order valence-corrected chi connectivity index (χ3v) is 7.75. The lowest BCUT2D eigenvalue weighted by Gasteiger charge is -2.23. The van der Waals surface area contributed by atoms with Gasteiger partial charge in [-0.2, -0.15) is 8.42 Å². The van der Waals surface area contributed by atoms with Crippen molar-refractivity contribution in [1.29, 1.82) is 0 Å². The average Bonchev–Trinajstić information content (AvgIpc) is 3.57. The van der Waals surface area contributed by atoms with Crippen molar-refractivity contribution < 1.29 is 31.3 Å². The first-order valence-electron chi connectivity index (χ1n) is 10.5. The third-order valence-electron chi connectivity index (χ3n) is 5.12. The van der Waals surface area contributed by atoms with E-state index in [1.54, 1.807) is 54.6 Å². The molecular formula is C25H20ClNO7S2. The Bertz CT molecular complexity index is 1480. The summed E-state index contributed by atoms with van der Waals surface area (Å²) in [6.45, 7) is 0.0963. The maximum atomic E-state index is 13.4. The van der Waals surface area contributed by atoms with Crippen molar-refractivity contribution in [1.82, 2.24) is 4.90 Å². The SMILES string of the molecule is COC(=O)c1sccc1S(=O)(=O)Oc1ccccc1CN(Cc1ccco1)C(=O)c1ccccc1Cl. The van der Waals surface area contributed by atoms with Gasteiger partial charge in [0, 0.05) is 5.56 Å². The molecule has 4 aromatic rings. The second-order valence-corrected chi connectivity index (χ2v) is 10.3. The number of rotatable bonds is 9. The maximum absolute atomic E-state index is 13.4. The van der Waals surface area contributed by atoms with Crippen LogP contribution in [0.5, 0.6) is 5.75 Å². The molecule has 0 aliphatic carbocycles. The van der Waals surface area contributed by atoms with Crippen LogP contribution in [0.15, 0.2) is 87.7 Å². The highest BCUT2D eigenvalue weighted by Gasteiger charge is 2.28. The zero-order chi connectivity index (χ0) is 25.7. The zero-order valence-corrected chi connectivity index (χ0v) is 21.3. The molecule has 2 aromatic heterocycles. The van der Waals surface area contributed by atoms with Gasteiger partial charge in [-0.15, -0.1) is 11.3 Å². The minimum atomic E-state index is -4.38. The number of amides is 1. The quantitative estimate of drug-likeness (QED) is 0.205. The van der Waals surface area contributed by atoms with Gasteiger partial charge >= 0.3 is 16.1 Å². The summed E-state index contributed by atoms with van der Waals surface area (Å²) in [6.07, 6.45) is 1.50. The molecule has 0 aliphatic rings. The van der Waals surface area contributed by atoms with Gasteiger partial charge in [0.1, 0.15) is 21.3 Å². The van der Waals surface area contributed by atoms with E-state index in [4.69, 9.17) is 20.2 Å². The topological polar surface area (TPSA) is 103 Å². The highest BCUT2D eigenvalue weighted by molar-refractivity contribution is 7.87. The Morgan fingerprint density at radius 2 is 1.75 bits per heavy atom. The molecule has 2 heterocycles. The van der Waals surface area contributed by atoms with Gasteiger partial charge in [-0.25, -0.2) is 4.79 Å². The van der Waals surface area contributed by atoms with E-state index < -0.39 is 16.1 Å². The van der Waals surface area contributed by atoms with Gasteiger partial charge in [0.15, 0.2) is 0 Å². The zero-order valence-electron chi connectivity index (χ0n) is 18.9. The first-order chi connectivity index (χ1) is 17.3. The van der Waals surface area contributed by atoms with Crippen molar-refractivity contribution in [2.45, 2.75) is 18.0 Å². The fourth-order valence-corrected chi connectivity index (χ4v) is 5.91. The van der Waals surface area contributed by atoms with E-state index in [0.29, 0.717) is 11.3 Å². The van der Waals surface area contributed by atoms with Crippen LogP contribution in [0.2, 0.25) is 5.02 Å². The molecule has 0 bridgehead atoms. The lowest BCUT2D eigenvalue weighted by Crippen LogP contribution is -2.30. The summed E-state index contributed by atoms with van der Waals surface area (Å²) in [6, 6.07) is 17.8. The number of halogens is 1. The Hall–Kier alpha value is -3.60. The van der Waals surface area contributed by atoms with Gasteiger partial charge in [-0.05, 0) is 41.8 Å². The molecule has 0 atom stereocenters. The molecule has 0 aliphatic heterocycles. The van der Waals surface area contributed by atoms with Crippen LogP contribution >= 0.6 is 22.9 Å². The molecule has 0 N–H and O–H groups in total. The van der Waals surface area contributed by atoms with E-state index in [1.807, 2.05) is 0 Å². The van der Waals surface area contributed by atoms with E-state index in [-0.39, 0.29) is 45.1 Å². The third kappa shape index (κ3) is 5.62. The van der Waals surface area contributed by atoms with Crippen molar-refractivity contribution >= 4 is 44.9 Å². The summed E-state index contributed by atoms with van der Waals surface area (Å²) >= 11 is 7.19. The molecule has 11 heteroatoms. The van der Waals surface area contributed by atoms with Crippen LogP contribution in [0.3, 0.4) is 0 Å². The number of ether oxygens (including phenoxy) is 1. The van der Waals surface area contributed by atoms with Crippen LogP contribution in [-0.2, 0) is 27.9 Å².